The monoisotopic (exact) mass is 338 g/mol. The highest BCUT2D eigenvalue weighted by atomic mass is 32.1. The summed E-state index contributed by atoms with van der Waals surface area (Å²) in [4.78, 5) is 12.4. The van der Waals surface area contributed by atoms with Gasteiger partial charge in [-0.1, -0.05) is 42.5 Å². The molecular formula is C19H18N2O2S. The Balaban J connectivity index is 2.12. The summed E-state index contributed by atoms with van der Waals surface area (Å²) in [5, 5.41) is 6.84. The first kappa shape index (κ1) is 16.2. The van der Waals surface area contributed by atoms with E-state index in [1.54, 1.807) is 14.0 Å². The maximum Gasteiger partial charge on any atom is 0.171 e. The topological polar surface area (TPSA) is 50.4 Å². The van der Waals surface area contributed by atoms with Crippen LogP contribution in [0.2, 0.25) is 0 Å². The summed E-state index contributed by atoms with van der Waals surface area (Å²) in [7, 11) is 1.63. The largest absolute Gasteiger partial charge is 0.497 e. The quantitative estimate of drug-likeness (QED) is 0.839. The molecule has 0 radical (unpaired) electrons. The third-order valence-corrected chi connectivity index (χ3v) is 4.18. The lowest BCUT2D eigenvalue weighted by atomic mass is 9.90. The van der Waals surface area contributed by atoms with Crippen LogP contribution in [-0.2, 0) is 4.79 Å². The number of carbonyl (C=O) groups excluding carboxylic acids is 1. The van der Waals surface area contributed by atoms with Gasteiger partial charge in [-0.05, 0) is 42.4 Å². The van der Waals surface area contributed by atoms with Crippen LogP contribution >= 0.6 is 12.2 Å². The molecule has 2 N–H and O–H groups in total. The summed E-state index contributed by atoms with van der Waals surface area (Å²) in [6.07, 6.45) is 0. The second-order valence-corrected chi connectivity index (χ2v) is 5.92. The third-order valence-electron chi connectivity index (χ3n) is 3.96. The normalized spacial score (nSPS) is 17.1. The maximum atomic E-state index is 12.4. The Morgan fingerprint density at radius 3 is 2.33 bits per heavy atom. The van der Waals surface area contributed by atoms with Gasteiger partial charge in [-0.25, -0.2) is 0 Å². The Hall–Kier alpha value is -2.66. The van der Waals surface area contributed by atoms with Crippen LogP contribution in [0.4, 0.5) is 0 Å². The van der Waals surface area contributed by atoms with Crippen molar-refractivity contribution in [3.8, 4) is 5.75 Å². The van der Waals surface area contributed by atoms with Crippen LogP contribution in [0.5, 0.6) is 5.75 Å². The molecule has 24 heavy (non-hydrogen) atoms. The molecule has 1 heterocycles. The number of Topliss-reactive ketones (excluding diaryl/α,β-unsaturated/α-hetero) is 1. The molecule has 122 valence electrons. The van der Waals surface area contributed by atoms with Crippen molar-refractivity contribution in [3.63, 3.8) is 0 Å². The van der Waals surface area contributed by atoms with Gasteiger partial charge in [0.05, 0.1) is 18.8 Å². The van der Waals surface area contributed by atoms with Crippen molar-refractivity contribution >= 4 is 28.8 Å². The average molecular weight is 338 g/mol. The van der Waals surface area contributed by atoms with E-state index in [1.165, 1.54) is 0 Å². The van der Waals surface area contributed by atoms with E-state index < -0.39 is 0 Å². The zero-order chi connectivity index (χ0) is 17.1. The van der Waals surface area contributed by atoms with Crippen molar-refractivity contribution in [1.29, 1.82) is 0 Å². The fraction of sp³-hybridized carbons (Fsp3) is 0.158. The van der Waals surface area contributed by atoms with Crippen molar-refractivity contribution in [1.82, 2.24) is 10.6 Å². The highest BCUT2D eigenvalue weighted by molar-refractivity contribution is 7.80. The van der Waals surface area contributed by atoms with E-state index >= 15 is 0 Å². The molecule has 0 spiro atoms. The summed E-state index contributed by atoms with van der Waals surface area (Å²) < 4.78 is 5.20. The molecule has 0 aliphatic carbocycles. The van der Waals surface area contributed by atoms with Crippen LogP contribution in [0.3, 0.4) is 0 Å². The molecule has 3 rings (SSSR count). The minimum atomic E-state index is -0.294. The van der Waals surface area contributed by atoms with Gasteiger partial charge in [-0.15, -0.1) is 0 Å². The number of hydrogen-bond acceptors (Lipinski definition) is 3. The molecule has 0 fully saturated rings. The maximum absolute atomic E-state index is 12.4. The van der Waals surface area contributed by atoms with Crippen LogP contribution in [0.15, 0.2) is 60.2 Å². The molecule has 1 atom stereocenters. The predicted molar refractivity (Wildman–Crippen MR) is 98.6 cm³/mol. The molecule has 2 aromatic carbocycles. The second-order valence-electron chi connectivity index (χ2n) is 5.52. The Kier molecular flexibility index (Phi) is 4.62. The minimum absolute atomic E-state index is 0.00262. The molecule has 0 aromatic heterocycles. The molecular weight excluding hydrogens is 320 g/mol. The summed E-state index contributed by atoms with van der Waals surface area (Å²) in [5.41, 5.74) is 3.32. The Morgan fingerprint density at radius 2 is 1.75 bits per heavy atom. The summed E-state index contributed by atoms with van der Waals surface area (Å²) in [6, 6.07) is 17.1. The van der Waals surface area contributed by atoms with Crippen molar-refractivity contribution in [2.45, 2.75) is 13.0 Å². The van der Waals surface area contributed by atoms with Crippen molar-refractivity contribution < 1.29 is 9.53 Å². The van der Waals surface area contributed by atoms with Crippen LogP contribution in [0, 0.1) is 0 Å². The Morgan fingerprint density at radius 1 is 1.08 bits per heavy atom. The van der Waals surface area contributed by atoms with Gasteiger partial charge in [0.2, 0.25) is 0 Å². The van der Waals surface area contributed by atoms with Gasteiger partial charge < -0.3 is 15.4 Å². The van der Waals surface area contributed by atoms with E-state index in [4.69, 9.17) is 17.0 Å². The molecule has 0 amide bonds. The number of carbonyl (C=O) groups is 1. The van der Waals surface area contributed by atoms with Crippen LogP contribution < -0.4 is 15.4 Å². The van der Waals surface area contributed by atoms with E-state index in [-0.39, 0.29) is 11.8 Å². The lowest BCUT2D eigenvalue weighted by Gasteiger charge is -2.31. The zero-order valence-corrected chi connectivity index (χ0v) is 14.3. The Bertz CT molecular complexity index is 798. The fourth-order valence-corrected chi connectivity index (χ4v) is 3.04. The zero-order valence-electron chi connectivity index (χ0n) is 13.5. The van der Waals surface area contributed by atoms with Gasteiger partial charge in [-0.3, -0.25) is 4.79 Å². The van der Waals surface area contributed by atoms with E-state index in [1.807, 2.05) is 54.6 Å². The lowest BCUT2D eigenvalue weighted by Crippen LogP contribution is -2.44. The molecule has 1 aliphatic heterocycles. The molecule has 1 unspecified atom stereocenters. The predicted octanol–water partition coefficient (Wildman–Crippen LogP) is 3.21. The molecule has 4 nitrogen and oxygen atoms in total. The SMILES string of the molecule is COc1ccc(C2NC(=S)NC(c3ccccc3)=C2C(C)=O)cc1. The third kappa shape index (κ3) is 3.16. The molecule has 2 aromatic rings. The van der Waals surface area contributed by atoms with E-state index in [0.717, 1.165) is 22.6 Å². The summed E-state index contributed by atoms with van der Waals surface area (Å²) in [6.45, 7) is 1.58. The highest BCUT2D eigenvalue weighted by Crippen LogP contribution is 2.32. The van der Waals surface area contributed by atoms with Gasteiger partial charge in [0.1, 0.15) is 5.75 Å². The van der Waals surface area contributed by atoms with E-state index in [0.29, 0.717) is 10.7 Å². The number of nitrogens with one attached hydrogen (secondary N) is 2. The number of ketones is 1. The number of thiocarbonyl (C=S) groups is 1. The molecule has 5 heteroatoms. The van der Waals surface area contributed by atoms with Gasteiger partial charge in [0, 0.05) is 5.57 Å². The van der Waals surface area contributed by atoms with Gasteiger partial charge in [0.25, 0.3) is 0 Å². The van der Waals surface area contributed by atoms with Crippen LogP contribution in [0.25, 0.3) is 5.70 Å². The second kappa shape index (κ2) is 6.84. The fourth-order valence-electron chi connectivity index (χ4n) is 2.82. The minimum Gasteiger partial charge on any atom is -0.497 e. The van der Waals surface area contributed by atoms with Gasteiger partial charge in [0.15, 0.2) is 10.9 Å². The number of rotatable bonds is 4. The molecule has 0 saturated heterocycles. The summed E-state index contributed by atoms with van der Waals surface area (Å²) in [5.74, 6) is 0.768. The standard InChI is InChI=1S/C19H18N2O2S/c1-12(22)16-17(13-6-4-3-5-7-13)20-19(24)21-18(16)14-8-10-15(23-2)11-9-14/h3-11,18H,1-2H3,(H2,20,21,24). The number of methoxy groups -OCH3 is 1. The van der Waals surface area contributed by atoms with Crippen molar-refractivity contribution in [2.24, 2.45) is 0 Å². The van der Waals surface area contributed by atoms with E-state index in [2.05, 4.69) is 10.6 Å². The first-order valence-electron chi connectivity index (χ1n) is 7.62. The van der Waals surface area contributed by atoms with Crippen molar-refractivity contribution in [2.75, 3.05) is 7.11 Å². The number of ether oxygens (including phenoxy) is 1. The smallest absolute Gasteiger partial charge is 0.171 e. The van der Waals surface area contributed by atoms with Crippen molar-refractivity contribution in [3.05, 3.63) is 71.3 Å². The molecule has 0 bridgehead atoms. The summed E-state index contributed by atoms with van der Waals surface area (Å²) >= 11 is 5.36. The average Bonchev–Trinajstić information content (AvgIpc) is 2.61. The van der Waals surface area contributed by atoms with Crippen LogP contribution in [0.1, 0.15) is 24.1 Å². The molecule has 0 saturated carbocycles. The Labute approximate surface area is 146 Å². The van der Waals surface area contributed by atoms with Crippen LogP contribution in [-0.4, -0.2) is 18.0 Å². The highest BCUT2D eigenvalue weighted by Gasteiger charge is 2.30. The number of hydrogen-bond donors (Lipinski definition) is 2. The lowest BCUT2D eigenvalue weighted by molar-refractivity contribution is -0.113. The van der Waals surface area contributed by atoms with Gasteiger partial charge in [-0.2, -0.15) is 0 Å². The number of benzene rings is 2. The van der Waals surface area contributed by atoms with Gasteiger partial charge >= 0.3 is 0 Å². The molecule has 1 aliphatic rings. The first-order chi connectivity index (χ1) is 11.6. The van der Waals surface area contributed by atoms with E-state index in [9.17, 15) is 4.79 Å². The first-order valence-corrected chi connectivity index (χ1v) is 8.03.